The van der Waals surface area contributed by atoms with E-state index in [1.807, 2.05) is 13.0 Å². The molecule has 0 bridgehead atoms. The van der Waals surface area contributed by atoms with Crippen LogP contribution < -0.4 is 4.90 Å². The van der Waals surface area contributed by atoms with Gasteiger partial charge in [-0.3, -0.25) is 14.6 Å². The first-order valence-corrected chi connectivity index (χ1v) is 13.0. The molecule has 0 saturated carbocycles. The van der Waals surface area contributed by atoms with Gasteiger partial charge in [-0.1, -0.05) is 23.2 Å². The smallest absolute Gasteiger partial charge is 0.334 e. The summed E-state index contributed by atoms with van der Waals surface area (Å²) in [6.07, 6.45) is 5.66. The van der Waals surface area contributed by atoms with Crippen molar-refractivity contribution in [1.29, 1.82) is 0 Å². The topological polar surface area (TPSA) is 95.0 Å². The van der Waals surface area contributed by atoms with E-state index in [0.29, 0.717) is 34.6 Å². The normalized spacial score (nSPS) is 13.5. The van der Waals surface area contributed by atoms with Crippen molar-refractivity contribution >= 4 is 58.1 Å². The maximum atomic E-state index is 14.1. The number of aryl methyl sites for hydroxylation is 1. The second kappa shape index (κ2) is 13.2. The van der Waals surface area contributed by atoms with E-state index in [2.05, 4.69) is 4.98 Å². The summed E-state index contributed by atoms with van der Waals surface area (Å²) in [5.41, 5.74) is 2.74. The van der Waals surface area contributed by atoms with Crippen molar-refractivity contribution < 1.29 is 28.6 Å². The molecule has 0 aliphatic heterocycles. The van der Waals surface area contributed by atoms with E-state index >= 15 is 0 Å². The predicted octanol–water partition coefficient (Wildman–Crippen LogP) is 5.07. The average molecular weight is 555 g/mol. The van der Waals surface area contributed by atoms with E-state index in [-0.39, 0.29) is 41.4 Å². The number of hydrogen-bond donors (Lipinski definition) is 0. The van der Waals surface area contributed by atoms with Crippen LogP contribution in [0.4, 0.5) is 5.69 Å². The number of nitrogens with zero attached hydrogens (tertiary/aromatic N) is 2. The van der Waals surface area contributed by atoms with E-state index in [4.69, 9.17) is 37.4 Å². The monoisotopic (exact) mass is 554 g/mol. The van der Waals surface area contributed by atoms with Gasteiger partial charge in [0.15, 0.2) is 0 Å². The SMILES string of the molecule is COCCOC(=O)C1=C(C(=O)N(Cc2cnccc2C)c2c(Cl)sc(CC(=O)OC)c2Cl)CCCC1. The Morgan fingerprint density at radius 3 is 2.50 bits per heavy atom. The molecule has 36 heavy (non-hydrogen) atoms. The van der Waals surface area contributed by atoms with Crippen LogP contribution in [0, 0.1) is 6.92 Å². The van der Waals surface area contributed by atoms with Crippen LogP contribution in [-0.4, -0.2) is 50.3 Å². The molecular weight excluding hydrogens is 527 g/mol. The van der Waals surface area contributed by atoms with Crippen LogP contribution in [0.5, 0.6) is 0 Å². The van der Waals surface area contributed by atoms with Gasteiger partial charge in [0.2, 0.25) is 0 Å². The zero-order valence-electron chi connectivity index (χ0n) is 20.4. The highest BCUT2D eigenvalue weighted by molar-refractivity contribution is 7.17. The lowest BCUT2D eigenvalue weighted by atomic mass is 9.90. The number of methoxy groups -OCH3 is 2. The summed E-state index contributed by atoms with van der Waals surface area (Å²) in [5, 5.41) is 0.200. The fourth-order valence-electron chi connectivity index (χ4n) is 3.88. The van der Waals surface area contributed by atoms with Crippen LogP contribution in [0.15, 0.2) is 29.6 Å². The first-order valence-electron chi connectivity index (χ1n) is 11.4. The molecule has 0 radical (unpaired) electrons. The summed E-state index contributed by atoms with van der Waals surface area (Å²) in [4.78, 5) is 44.9. The van der Waals surface area contributed by atoms with E-state index < -0.39 is 11.9 Å². The highest BCUT2D eigenvalue weighted by Crippen LogP contribution is 2.45. The van der Waals surface area contributed by atoms with Gasteiger partial charge in [0.05, 0.1) is 37.4 Å². The fraction of sp³-hybridized carbons (Fsp3) is 0.440. The van der Waals surface area contributed by atoms with Gasteiger partial charge in [0.1, 0.15) is 10.9 Å². The Kier molecular flexibility index (Phi) is 10.3. The first-order chi connectivity index (χ1) is 17.3. The molecule has 2 heterocycles. The molecule has 1 amide bonds. The van der Waals surface area contributed by atoms with Gasteiger partial charge in [0.25, 0.3) is 5.91 Å². The largest absolute Gasteiger partial charge is 0.469 e. The molecule has 194 valence electrons. The molecule has 0 N–H and O–H groups in total. The number of amides is 1. The lowest BCUT2D eigenvalue weighted by Gasteiger charge is -2.27. The van der Waals surface area contributed by atoms with Crippen LogP contribution >= 0.6 is 34.5 Å². The van der Waals surface area contributed by atoms with Gasteiger partial charge in [-0.2, -0.15) is 0 Å². The lowest BCUT2D eigenvalue weighted by molar-refractivity contribution is -0.141. The molecule has 1 aliphatic rings. The van der Waals surface area contributed by atoms with Gasteiger partial charge in [-0.05, 0) is 49.8 Å². The van der Waals surface area contributed by atoms with Gasteiger partial charge >= 0.3 is 11.9 Å². The van der Waals surface area contributed by atoms with Crippen molar-refractivity contribution in [2.24, 2.45) is 0 Å². The number of carbonyl (C=O) groups is 3. The van der Waals surface area contributed by atoms with Crippen molar-refractivity contribution in [2.45, 2.75) is 45.6 Å². The molecular formula is C25H28Cl2N2O6S. The summed E-state index contributed by atoms with van der Waals surface area (Å²) in [5.74, 6) is -1.39. The van der Waals surface area contributed by atoms with Crippen molar-refractivity contribution in [2.75, 3.05) is 32.3 Å². The molecule has 3 rings (SSSR count). The van der Waals surface area contributed by atoms with Crippen LogP contribution in [0.2, 0.25) is 9.36 Å². The summed E-state index contributed by atoms with van der Waals surface area (Å²) < 4.78 is 15.3. The number of hydrogen-bond acceptors (Lipinski definition) is 8. The molecule has 2 aromatic heterocycles. The number of aromatic nitrogens is 1. The second-order valence-corrected chi connectivity index (χ2v) is 10.3. The van der Waals surface area contributed by atoms with E-state index in [1.54, 1.807) is 12.4 Å². The maximum Gasteiger partial charge on any atom is 0.334 e. The molecule has 11 heteroatoms. The Balaban J connectivity index is 2.07. The number of carbonyl (C=O) groups excluding carboxylic acids is 3. The molecule has 0 aromatic carbocycles. The van der Waals surface area contributed by atoms with Crippen molar-refractivity contribution in [1.82, 2.24) is 4.98 Å². The van der Waals surface area contributed by atoms with Gasteiger partial charge in [-0.15, -0.1) is 11.3 Å². The molecule has 0 saturated heterocycles. The van der Waals surface area contributed by atoms with Gasteiger partial charge in [-0.25, -0.2) is 4.79 Å². The zero-order chi connectivity index (χ0) is 26.2. The van der Waals surface area contributed by atoms with E-state index in [0.717, 1.165) is 35.3 Å². The first kappa shape index (κ1) is 28.1. The molecule has 0 spiro atoms. The molecule has 0 unspecified atom stereocenters. The third-order valence-corrected chi connectivity index (χ3v) is 7.77. The van der Waals surface area contributed by atoms with Gasteiger partial charge < -0.3 is 19.1 Å². The van der Waals surface area contributed by atoms with Crippen molar-refractivity contribution in [3.05, 3.63) is 55.0 Å². The Bertz CT molecular complexity index is 1160. The van der Waals surface area contributed by atoms with E-state index in [9.17, 15) is 14.4 Å². The molecule has 1 aliphatic carbocycles. The Morgan fingerprint density at radius 1 is 1.11 bits per heavy atom. The van der Waals surface area contributed by atoms with Gasteiger partial charge in [0, 0.05) is 35.5 Å². The number of thiophene rings is 1. The number of rotatable bonds is 10. The summed E-state index contributed by atoms with van der Waals surface area (Å²) in [6.45, 7) is 2.40. The van der Waals surface area contributed by atoms with Crippen LogP contribution in [0.1, 0.15) is 41.7 Å². The Labute approximate surface area is 224 Å². The minimum Gasteiger partial charge on any atom is -0.469 e. The molecule has 0 fully saturated rings. The third kappa shape index (κ3) is 6.64. The lowest BCUT2D eigenvalue weighted by Crippen LogP contribution is -2.34. The standard InChI is InChI=1S/C25H28Cl2N2O6S/c1-15-8-9-28-13-16(15)14-29(22-21(26)19(36-23(22)27)12-20(30)34-3)24(31)17-6-4-5-7-18(17)25(32)35-11-10-33-2/h8-9,13H,4-7,10-12,14H2,1-3H3. The number of esters is 2. The summed E-state index contributed by atoms with van der Waals surface area (Å²) in [7, 11) is 2.81. The Morgan fingerprint density at radius 2 is 1.83 bits per heavy atom. The van der Waals surface area contributed by atoms with Crippen LogP contribution in [0.25, 0.3) is 0 Å². The quantitative estimate of drug-likeness (QED) is 0.299. The minimum atomic E-state index is -0.526. The third-order valence-electron chi connectivity index (χ3n) is 5.87. The predicted molar refractivity (Wildman–Crippen MR) is 139 cm³/mol. The summed E-state index contributed by atoms with van der Waals surface area (Å²) in [6, 6.07) is 1.84. The fourth-order valence-corrected chi connectivity index (χ4v) is 5.74. The molecule has 0 atom stereocenters. The molecule has 2 aromatic rings. The Hall–Kier alpha value is -2.46. The van der Waals surface area contributed by atoms with Crippen LogP contribution in [-0.2, 0) is 41.6 Å². The highest BCUT2D eigenvalue weighted by atomic mass is 35.5. The number of ether oxygens (including phenoxy) is 3. The molecule has 8 nitrogen and oxygen atoms in total. The van der Waals surface area contributed by atoms with Crippen LogP contribution in [0.3, 0.4) is 0 Å². The zero-order valence-corrected chi connectivity index (χ0v) is 22.7. The van der Waals surface area contributed by atoms with Crippen molar-refractivity contribution in [3.63, 3.8) is 0 Å². The maximum absolute atomic E-state index is 14.1. The second-order valence-electron chi connectivity index (χ2n) is 8.20. The number of halogens is 2. The van der Waals surface area contributed by atoms with E-state index in [1.165, 1.54) is 19.1 Å². The number of pyridine rings is 1. The summed E-state index contributed by atoms with van der Waals surface area (Å²) >= 11 is 14.4. The minimum absolute atomic E-state index is 0.0759. The highest BCUT2D eigenvalue weighted by Gasteiger charge is 2.33. The average Bonchev–Trinajstić information content (AvgIpc) is 3.15. The number of anilines is 1. The van der Waals surface area contributed by atoms with Crippen molar-refractivity contribution in [3.8, 4) is 0 Å².